The molecule has 3 rings (SSSR count). The Bertz CT molecular complexity index is 493. The van der Waals surface area contributed by atoms with E-state index in [9.17, 15) is 4.79 Å². The first-order valence-corrected chi connectivity index (χ1v) is 7.39. The molecule has 4 nitrogen and oxygen atoms in total. The fourth-order valence-electron chi connectivity index (χ4n) is 3.29. The van der Waals surface area contributed by atoms with Gasteiger partial charge in [0.05, 0.1) is 18.8 Å². The van der Waals surface area contributed by atoms with Gasteiger partial charge in [0.1, 0.15) is 0 Å². The molecule has 2 atom stereocenters. The summed E-state index contributed by atoms with van der Waals surface area (Å²) >= 11 is 0. The van der Waals surface area contributed by atoms with Crippen molar-refractivity contribution in [1.82, 2.24) is 4.90 Å². The van der Waals surface area contributed by atoms with Gasteiger partial charge in [0.15, 0.2) is 0 Å². The lowest BCUT2D eigenvalue weighted by Gasteiger charge is -2.35. The summed E-state index contributed by atoms with van der Waals surface area (Å²) in [7, 11) is 0. The Balaban J connectivity index is 1.66. The molecule has 1 amide bonds. The normalized spacial score (nSPS) is 26.6. The molecular weight excluding hydrogens is 252 g/mol. The van der Waals surface area contributed by atoms with Crippen LogP contribution in [-0.2, 0) is 16.0 Å². The first kappa shape index (κ1) is 13.6. The van der Waals surface area contributed by atoms with Crippen LogP contribution in [0.2, 0.25) is 0 Å². The average molecular weight is 274 g/mol. The van der Waals surface area contributed by atoms with Gasteiger partial charge in [-0.05, 0) is 31.9 Å². The van der Waals surface area contributed by atoms with Crippen LogP contribution in [-0.4, -0.2) is 49.2 Å². The molecule has 0 N–H and O–H groups in total. The Morgan fingerprint density at radius 1 is 1.25 bits per heavy atom. The molecule has 0 aromatic heterocycles. The number of morpholine rings is 1. The molecule has 0 saturated carbocycles. The van der Waals surface area contributed by atoms with Crippen molar-refractivity contribution in [2.45, 2.75) is 32.5 Å². The van der Waals surface area contributed by atoms with Crippen LogP contribution in [0.15, 0.2) is 24.3 Å². The lowest BCUT2D eigenvalue weighted by Crippen LogP contribution is -2.49. The topological polar surface area (TPSA) is 32.8 Å². The van der Waals surface area contributed by atoms with E-state index in [1.54, 1.807) is 0 Å². The molecule has 1 fully saturated rings. The van der Waals surface area contributed by atoms with Crippen molar-refractivity contribution >= 4 is 11.6 Å². The Morgan fingerprint density at radius 2 is 1.95 bits per heavy atom. The van der Waals surface area contributed by atoms with E-state index in [0.29, 0.717) is 6.54 Å². The first-order chi connectivity index (χ1) is 9.63. The van der Waals surface area contributed by atoms with Gasteiger partial charge < -0.3 is 9.64 Å². The van der Waals surface area contributed by atoms with Gasteiger partial charge in [0.2, 0.25) is 5.91 Å². The molecule has 2 heterocycles. The number of fused-ring (bicyclic) bond motifs is 1. The number of hydrogen-bond acceptors (Lipinski definition) is 3. The van der Waals surface area contributed by atoms with Gasteiger partial charge in [-0.3, -0.25) is 9.69 Å². The zero-order valence-corrected chi connectivity index (χ0v) is 12.2. The predicted octanol–water partition coefficient (Wildman–Crippen LogP) is 1.68. The number of ether oxygens (including phenoxy) is 1. The molecule has 0 aliphatic carbocycles. The van der Waals surface area contributed by atoms with Crippen molar-refractivity contribution < 1.29 is 9.53 Å². The van der Waals surface area contributed by atoms with Crippen LogP contribution in [0.5, 0.6) is 0 Å². The molecule has 2 unspecified atom stereocenters. The largest absolute Gasteiger partial charge is 0.373 e. The van der Waals surface area contributed by atoms with E-state index < -0.39 is 0 Å². The Labute approximate surface area is 120 Å². The number of carbonyl (C=O) groups is 1. The van der Waals surface area contributed by atoms with Crippen LogP contribution < -0.4 is 4.90 Å². The highest BCUT2D eigenvalue weighted by atomic mass is 16.5. The number of carbonyl (C=O) groups excluding carboxylic acids is 1. The summed E-state index contributed by atoms with van der Waals surface area (Å²) in [6.07, 6.45) is 1.38. The van der Waals surface area contributed by atoms with Gasteiger partial charge in [-0.2, -0.15) is 0 Å². The molecule has 1 saturated heterocycles. The summed E-state index contributed by atoms with van der Waals surface area (Å²) < 4.78 is 5.71. The van der Waals surface area contributed by atoms with E-state index in [0.717, 1.165) is 31.7 Å². The Hall–Kier alpha value is -1.39. The smallest absolute Gasteiger partial charge is 0.241 e. The quantitative estimate of drug-likeness (QED) is 0.822. The van der Waals surface area contributed by atoms with Gasteiger partial charge in [0.25, 0.3) is 0 Å². The van der Waals surface area contributed by atoms with Crippen LogP contribution in [0.3, 0.4) is 0 Å². The standard InChI is InChI=1S/C16H22N2O2/c1-12-9-17(10-13(2)20-12)11-16(19)18-8-7-14-5-3-4-6-15(14)18/h3-6,12-13H,7-11H2,1-2H3. The molecular formula is C16H22N2O2. The van der Waals surface area contributed by atoms with Crippen LogP contribution in [0.4, 0.5) is 5.69 Å². The molecule has 1 aromatic rings. The Kier molecular flexibility index (Phi) is 3.76. The fraction of sp³-hybridized carbons (Fsp3) is 0.562. The SMILES string of the molecule is CC1CN(CC(=O)N2CCc3ccccc32)CC(C)O1. The van der Waals surface area contributed by atoms with E-state index >= 15 is 0 Å². The minimum Gasteiger partial charge on any atom is -0.373 e. The number of para-hydroxylation sites is 1. The number of anilines is 1. The molecule has 108 valence electrons. The van der Waals surface area contributed by atoms with E-state index in [2.05, 4.69) is 24.8 Å². The van der Waals surface area contributed by atoms with Gasteiger partial charge in [-0.25, -0.2) is 0 Å². The molecule has 0 radical (unpaired) electrons. The molecule has 20 heavy (non-hydrogen) atoms. The number of benzene rings is 1. The number of amides is 1. The minimum atomic E-state index is 0.205. The molecule has 0 bridgehead atoms. The monoisotopic (exact) mass is 274 g/mol. The third kappa shape index (κ3) is 2.72. The second-order valence-electron chi connectivity index (χ2n) is 5.88. The Morgan fingerprint density at radius 3 is 2.70 bits per heavy atom. The van der Waals surface area contributed by atoms with Crippen molar-refractivity contribution in [2.24, 2.45) is 0 Å². The van der Waals surface area contributed by atoms with E-state index in [1.807, 2.05) is 23.1 Å². The highest BCUT2D eigenvalue weighted by Crippen LogP contribution is 2.27. The zero-order valence-electron chi connectivity index (χ0n) is 12.2. The van der Waals surface area contributed by atoms with Gasteiger partial charge in [0, 0.05) is 25.3 Å². The van der Waals surface area contributed by atoms with E-state index in [-0.39, 0.29) is 18.1 Å². The molecule has 4 heteroatoms. The average Bonchev–Trinajstić information content (AvgIpc) is 2.81. The van der Waals surface area contributed by atoms with Crippen molar-refractivity contribution in [3.8, 4) is 0 Å². The summed E-state index contributed by atoms with van der Waals surface area (Å²) in [5.41, 5.74) is 2.37. The van der Waals surface area contributed by atoms with Crippen molar-refractivity contribution in [3.63, 3.8) is 0 Å². The lowest BCUT2D eigenvalue weighted by molar-refractivity contribution is -0.123. The molecule has 2 aliphatic rings. The summed E-state index contributed by atoms with van der Waals surface area (Å²) in [4.78, 5) is 16.7. The van der Waals surface area contributed by atoms with Crippen LogP contribution in [0.1, 0.15) is 19.4 Å². The number of nitrogens with zero attached hydrogens (tertiary/aromatic N) is 2. The van der Waals surface area contributed by atoms with Crippen molar-refractivity contribution in [2.75, 3.05) is 31.1 Å². The van der Waals surface area contributed by atoms with E-state index in [4.69, 9.17) is 4.74 Å². The van der Waals surface area contributed by atoms with Gasteiger partial charge in [-0.1, -0.05) is 18.2 Å². The third-order valence-electron chi connectivity index (χ3n) is 4.04. The third-order valence-corrected chi connectivity index (χ3v) is 4.04. The maximum atomic E-state index is 12.5. The highest BCUT2D eigenvalue weighted by Gasteiger charge is 2.28. The summed E-state index contributed by atoms with van der Waals surface area (Å²) in [5.74, 6) is 0.205. The van der Waals surface area contributed by atoms with Crippen LogP contribution >= 0.6 is 0 Å². The van der Waals surface area contributed by atoms with E-state index in [1.165, 1.54) is 5.56 Å². The second kappa shape index (κ2) is 5.54. The minimum absolute atomic E-state index is 0.205. The van der Waals surface area contributed by atoms with Crippen LogP contribution in [0, 0.1) is 0 Å². The highest BCUT2D eigenvalue weighted by molar-refractivity contribution is 5.96. The fourth-order valence-corrected chi connectivity index (χ4v) is 3.29. The maximum Gasteiger partial charge on any atom is 0.241 e. The second-order valence-corrected chi connectivity index (χ2v) is 5.88. The number of rotatable bonds is 2. The lowest BCUT2D eigenvalue weighted by atomic mass is 10.2. The van der Waals surface area contributed by atoms with Gasteiger partial charge in [-0.15, -0.1) is 0 Å². The molecule has 1 aromatic carbocycles. The van der Waals surface area contributed by atoms with Crippen molar-refractivity contribution in [3.05, 3.63) is 29.8 Å². The summed E-state index contributed by atoms with van der Waals surface area (Å²) in [5, 5.41) is 0. The maximum absolute atomic E-state index is 12.5. The zero-order chi connectivity index (χ0) is 14.1. The molecule has 2 aliphatic heterocycles. The van der Waals surface area contributed by atoms with Gasteiger partial charge >= 0.3 is 0 Å². The van der Waals surface area contributed by atoms with Crippen molar-refractivity contribution in [1.29, 1.82) is 0 Å². The first-order valence-electron chi connectivity index (χ1n) is 7.39. The summed E-state index contributed by atoms with van der Waals surface area (Å²) in [6.45, 7) is 7.12. The number of hydrogen-bond donors (Lipinski definition) is 0. The summed E-state index contributed by atoms with van der Waals surface area (Å²) in [6, 6.07) is 8.20. The molecule has 0 spiro atoms. The van der Waals surface area contributed by atoms with Crippen LogP contribution in [0.25, 0.3) is 0 Å². The predicted molar refractivity (Wildman–Crippen MR) is 78.9 cm³/mol.